The van der Waals surface area contributed by atoms with Gasteiger partial charge in [-0.1, -0.05) is 38.4 Å². The van der Waals surface area contributed by atoms with E-state index in [9.17, 15) is 0 Å². The highest BCUT2D eigenvalue weighted by Crippen LogP contribution is 2.25. The Morgan fingerprint density at radius 2 is 1.88 bits per heavy atom. The van der Waals surface area contributed by atoms with Gasteiger partial charge in [0.25, 0.3) is 0 Å². The Morgan fingerprint density at radius 1 is 1.12 bits per heavy atom. The zero-order chi connectivity index (χ0) is 17.7. The first-order valence-corrected chi connectivity index (χ1v) is 8.15. The van der Waals surface area contributed by atoms with Crippen molar-refractivity contribution in [1.29, 1.82) is 0 Å². The third-order valence-corrected chi connectivity index (χ3v) is 3.69. The Hall–Kier alpha value is -1.85. The monoisotopic (exact) mass is 349 g/mol. The Bertz CT molecular complexity index is 699. The molecule has 5 nitrogen and oxygen atoms in total. The van der Waals surface area contributed by atoms with Crippen molar-refractivity contribution in [2.45, 2.75) is 39.3 Å². The number of hydrogen-bond acceptors (Lipinski definition) is 5. The van der Waals surface area contributed by atoms with E-state index in [0.717, 1.165) is 28.6 Å². The minimum absolute atomic E-state index is 0.141. The SMILES string of the molecule is COCc1cc(NCc2ccc(Cl)cc2OC)nc(C(C)(C)C)n1. The van der Waals surface area contributed by atoms with Crippen molar-refractivity contribution in [3.8, 4) is 5.75 Å². The molecule has 0 aliphatic carbocycles. The van der Waals surface area contributed by atoms with Crippen molar-refractivity contribution >= 4 is 17.4 Å². The van der Waals surface area contributed by atoms with Crippen molar-refractivity contribution in [2.75, 3.05) is 19.5 Å². The number of benzene rings is 1. The van der Waals surface area contributed by atoms with E-state index in [2.05, 4.69) is 36.1 Å². The summed E-state index contributed by atoms with van der Waals surface area (Å²) in [5.74, 6) is 2.29. The number of methoxy groups -OCH3 is 2. The van der Waals surface area contributed by atoms with Crippen LogP contribution < -0.4 is 10.1 Å². The fraction of sp³-hybridized carbons (Fsp3) is 0.444. The van der Waals surface area contributed by atoms with Gasteiger partial charge >= 0.3 is 0 Å². The van der Waals surface area contributed by atoms with E-state index in [4.69, 9.17) is 21.1 Å². The van der Waals surface area contributed by atoms with Crippen LogP contribution in [0.1, 0.15) is 37.9 Å². The van der Waals surface area contributed by atoms with Crippen LogP contribution in [0.5, 0.6) is 5.75 Å². The molecular formula is C18H24ClN3O2. The lowest BCUT2D eigenvalue weighted by atomic mass is 9.95. The van der Waals surface area contributed by atoms with Gasteiger partial charge in [0.2, 0.25) is 0 Å². The standard InChI is InChI=1S/C18H24ClN3O2/c1-18(2,3)17-21-14(11-23-4)9-16(22-17)20-10-12-6-7-13(19)8-15(12)24-5/h6-9H,10-11H2,1-5H3,(H,20,21,22). The molecule has 6 heteroatoms. The quantitative estimate of drug-likeness (QED) is 0.847. The van der Waals surface area contributed by atoms with Crippen molar-refractivity contribution in [3.63, 3.8) is 0 Å². The molecule has 1 N–H and O–H groups in total. The average molecular weight is 350 g/mol. The molecule has 0 bridgehead atoms. The summed E-state index contributed by atoms with van der Waals surface area (Å²) in [6.07, 6.45) is 0. The van der Waals surface area contributed by atoms with Crippen molar-refractivity contribution < 1.29 is 9.47 Å². The van der Waals surface area contributed by atoms with E-state index >= 15 is 0 Å². The molecule has 2 aromatic rings. The number of nitrogens with zero attached hydrogens (tertiary/aromatic N) is 2. The highest BCUT2D eigenvalue weighted by molar-refractivity contribution is 6.30. The zero-order valence-corrected chi connectivity index (χ0v) is 15.6. The Balaban J connectivity index is 2.24. The molecule has 2 rings (SSSR count). The lowest BCUT2D eigenvalue weighted by molar-refractivity contribution is 0.181. The Morgan fingerprint density at radius 3 is 2.50 bits per heavy atom. The van der Waals surface area contributed by atoms with Crippen LogP contribution in [0.15, 0.2) is 24.3 Å². The van der Waals surface area contributed by atoms with Crippen LogP contribution in [-0.2, 0) is 23.3 Å². The molecule has 1 aromatic heterocycles. The van der Waals surface area contributed by atoms with Crippen LogP contribution in [0.25, 0.3) is 0 Å². The van der Waals surface area contributed by atoms with Gasteiger partial charge in [-0.3, -0.25) is 0 Å². The normalized spacial score (nSPS) is 11.4. The van der Waals surface area contributed by atoms with E-state index in [1.54, 1.807) is 20.3 Å². The summed E-state index contributed by atoms with van der Waals surface area (Å²) in [6.45, 7) is 7.29. The minimum atomic E-state index is -0.141. The first-order valence-electron chi connectivity index (χ1n) is 7.77. The van der Waals surface area contributed by atoms with Gasteiger partial charge in [0, 0.05) is 35.7 Å². The number of halogens is 1. The lowest BCUT2D eigenvalue weighted by Gasteiger charge is -2.19. The predicted octanol–water partition coefficient (Wildman–Crippen LogP) is 4.19. The maximum absolute atomic E-state index is 6.00. The van der Waals surface area contributed by atoms with E-state index in [1.807, 2.05) is 18.2 Å². The molecule has 0 unspecified atom stereocenters. The molecule has 0 spiro atoms. The lowest BCUT2D eigenvalue weighted by Crippen LogP contribution is -2.18. The first kappa shape index (κ1) is 18.5. The van der Waals surface area contributed by atoms with E-state index in [1.165, 1.54) is 0 Å². The van der Waals surface area contributed by atoms with Crippen LogP contribution in [-0.4, -0.2) is 24.2 Å². The highest BCUT2D eigenvalue weighted by Gasteiger charge is 2.19. The summed E-state index contributed by atoms with van der Waals surface area (Å²) in [7, 11) is 3.29. The Kier molecular flexibility index (Phi) is 6.02. The smallest absolute Gasteiger partial charge is 0.136 e. The summed E-state index contributed by atoms with van der Waals surface area (Å²) in [6, 6.07) is 7.49. The third kappa shape index (κ3) is 4.82. The van der Waals surface area contributed by atoms with Crippen molar-refractivity contribution in [1.82, 2.24) is 9.97 Å². The second-order valence-corrected chi connectivity index (χ2v) is 7.00. The zero-order valence-electron chi connectivity index (χ0n) is 14.8. The fourth-order valence-electron chi connectivity index (χ4n) is 2.20. The van der Waals surface area contributed by atoms with Crippen LogP contribution in [0, 0.1) is 0 Å². The van der Waals surface area contributed by atoms with E-state index in [-0.39, 0.29) is 5.41 Å². The molecule has 1 heterocycles. The van der Waals surface area contributed by atoms with E-state index in [0.29, 0.717) is 18.2 Å². The van der Waals surface area contributed by atoms with Crippen LogP contribution in [0.3, 0.4) is 0 Å². The maximum Gasteiger partial charge on any atom is 0.136 e. The summed E-state index contributed by atoms with van der Waals surface area (Å²) in [4.78, 5) is 9.21. The molecule has 0 saturated heterocycles. The molecule has 0 aliphatic rings. The Labute approximate surface area is 148 Å². The first-order chi connectivity index (χ1) is 11.3. The molecule has 0 radical (unpaired) electrons. The van der Waals surface area contributed by atoms with Crippen LogP contribution in [0.4, 0.5) is 5.82 Å². The molecule has 24 heavy (non-hydrogen) atoms. The number of hydrogen-bond donors (Lipinski definition) is 1. The molecule has 0 atom stereocenters. The van der Waals surface area contributed by atoms with Crippen LogP contribution >= 0.6 is 11.6 Å². The second kappa shape index (κ2) is 7.81. The molecule has 0 amide bonds. The predicted molar refractivity (Wildman–Crippen MR) is 96.8 cm³/mol. The molecule has 1 aromatic carbocycles. The number of ether oxygens (including phenoxy) is 2. The molecule has 0 fully saturated rings. The topological polar surface area (TPSA) is 56.3 Å². The van der Waals surface area contributed by atoms with Gasteiger partial charge in [-0.2, -0.15) is 0 Å². The third-order valence-electron chi connectivity index (χ3n) is 3.45. The number of aromatic nitrogens is 2. The van der Waals surface area contributed by atoms with Gasteiger partial charge in [-0.25, -0.2) is 9.97 Å². The number of nitrogens with one attached hydrogen (secondary N) is 1. The molecular weight excluding hydrogens is 326 g/mol. The summed E-state index contributed by atoms with van der Waals surface area (Å²) in [5.41, 5.74) is 1.71. The average Bonchev–Trinajstić information content (AvgIpc) is 2.53. The van der Waals surface area contributed by atoms with Gasteiger partial charge < -0.3 is 14.8 Å². The van der Waals surface area contributed by atoms with Gasteiger partial charge in [-0.05, 0) is 12.1 Å². The summed E-state index contributed by atoms with van der Waals surface area (Å²) in [5, 5.41) is 3.98. The largest absolute Gasteiger partial charge is 0.496 e. The summed E-state index contributed by atoms with van der Waals surface area (Å²) < 4.78 is 10.6. The van der Waals surface area contributed by atoms with Crippen molar-refractivity contribution in [3.05, 3.63) is 46.4 Å². The number of rotatable bonds is 6. The maximum atomic E-state index is 6.00. The van der Waals surface area contributed by atoms with Gasteiger partial charge in [-0.15, -0.1) is 0 Å². The fourth-order valence-corrected chi connectivity index (χ4v) is 2.36. The van der Waals surface area contributed by atoms with Crippen molar-refractivity contribution in [2.24, 2.45) is 0 Å². The summed E-state index contributed by atoms with van der Waals surface area (Å²) >= 11 is 6.00. The van der Waals surface area contributed by atoms with E-state index < -0.39 is 0 Å². The van der Waals surface area contributed by atoms with Crippen LogP contribution in [0.2, 0.25) is 5.02 Å². The highest BCUT2D eigenvalue weighted by atomic mass is 35.5. The van der Waals surface area contributed by atoms with Gasteiger partial charge in [0.1, 0.15) is 17.4 Å². The second-order valence-electron chi connectivity index (χ2n) is 6.56. The molecule has 130 valence electrons. The molecule has 0 saturated carbocycles. The van der Waals surface area contributed by atoms with Gasteiger partial charge in [0.05, 0.1) is 19.4 Å². The number of anilines is 1. The minimum Gasteiger partial charge on any atom is -0.496 e. The van der Waals surface area contributed by atoms with Gasteiger partial charge in [0.15, 0.2) is 0 Å². The molecule has 0 aliphatic heterocycles.